The van der Waals surface area contributed by atoms with Crippen LogP contribution in [0, 0.1) is 12.3 Å². The molecule has 2 amide bonds. The van der Waals surface area contributed by atoms with E-state index in [1.807, 2.05) is 19.1 Å². The summed E-state index contributed by atoms with van der Waals surface area (Å²) in [7, 11) is 1.62. The third-order valence-electron chi connectivity index (χ3n) is 4.47. The number of halogens is 1. The van der Waals surface area contributed by atoms with Gasteiger partial charge >= 0.3 is 0 Å². The van der Waals surface area contributed by atoms with Crippen LogP contribution in [0.1, 0.15) is 28.8 Å². The number of amides is 2. The zero-order valence-electron chi connectivity index (χ0n) is 14.9. The van der Waals surface area contributed by atoms with E-state index in [4.69, 9.17) is 4.74 Å². The largest absolute Gasteiger partial charge is 0.384 e. The van der Waals surface area contributed by atoms with Crippen LogP contribution >= 0.6 is 12.4 Å². The number of hydrogen-bond acceptors (Lipinski definition) is 4. The van der Waals surface area contributed by atoms with Crippen molar-refractivity contribution in [2.24, 2.45) is 5.41 Å². The van der Waals surface area contributed by atoms with Gasteiger partial charge in [-0.1, -0.05) is 17.7 Å². The van der Waals surface area contributed by atoms with E-state index in [1.165, 1.54) is 0 Å². The topological polar surface area (TPSA) is 79.5 Å². The molecular weight excluding hydrogens is 342 g/mol. The summed E-state index contributed by atoms with van der Waals surface area (Å²) in [6.45, 7) is 4.86. The molecular formula is C18H28ClN3O3. The fourth-order valence-corrected chi connectivity index (χ4v) is 2.97. The standard InChI is InChI=1S/C18H27N3O3.ClH/c1-14-3-5-15(6-4-14)16(22)20-11-12-21-17(23)18(13-24-2)7-9-19-10-8-18;/h3-6,19H,7-13H2,1-2H3,(H,20,22)(H,21,23);1H. The van der Waals surface area contributed by atoms with Crippen molar-refractivity contribution in [1.82, 2.24) is 16.0 Å². The second-order valence-corrected chi connectivity index (χ2v) is 6.34. The molecule has 1 saturated heterocycles. The number of carbonyl (C=O) groups is 2. The van der Waals surface area contributed by atoms with Crippen molar-refractivity contribution in [3.05, 3.63) is 35.4 Å². The van der Waals surface area contributed by atoms with Gasteiger partial charge in [-0.2, -0.15) is 0 Å². The van der Waals surface area contributed by atoms with E-state index in [2.05, 4.69) is 16.0 Å². The number of hydrogen-bond donors (Lipinski definition) is 3. The molecule has 0 aliphatic carbocycles. The first-order valence-corrected chi connectivity index (χ1v) is 8.40. The van der Waals surface area contributed by atoms with Crippen LogP contribution in [-0.4, -0.2) is 51.7 Å². The normalized spacial score (nSPS) is 15.8. The van der Waals surface area contributed by atoms with Crippen molar-refractivity contribution in [2.45, 2.75) is 19.8 Å². The molecule has 140 valence electrons. The lowest BCUT2D eigenvalue weighted by atomic mass is 9.78. The first-order chi connectivity index (χ1) is 11.6. The van der Waals surface area contributed by atoms with Gasteiger partial charge in [0, 0.05) is 25.8 Å². The van der Waals surface area contributed by atoms with Gasteiger partial charge in [0.2, 0.25) is 5.91 Å². The minimum absolute atomic E-state index is 0. The number of methoxy groups -OCH3 is 1. The summed E-state index contributed by atoms with van der Waals surface area (Å²) in [5, 5.41) is 9.02. The number of benzene rings is 1. The zero-order chi connectivity index (χ0) is 17.4. The molecule has 0 saturated carbocycles. The summed E-state index contributed by atoms with van der Waals surface area (Å²) in [6, 6.07) is 7.41. The van der Waals surface area contributed by atoms with Crippen LogP contribution < -0.4 is 16.0 Å². The Morgan fingerprint density at radius 2 is 1.72 bits per heavy atom. The predicted octanol–water partition coefficient (Wildman–Crippen LogP) is 1.28. The Labute approximate surface area is 155 Å². The van der Waals surface area contributed by atoms with Crippen molar-refractivity contribution >= 4 is 24.2 Å². The monoisotopic (exact) mass is 369 g/mol. The number of ether oxygens (including phenoxy) is 1. The molecule has 6 nitrogen and oxygen atoms in total. The minimum atomic E-state index is -0.457. The Morgan fingerprint density at radius 1 is 1.12 bits per heavy atom. The molecule has 0 aromatic heterocycles. The zero-order valence-corrected chi connectivity index (χ0v) is 15.7. The third-order valence-corrected chi connectivity index (χ3v) is 4.47. The molecule has 1 aromatic carbocycles. The number of carbonyl (C=O) groups excluding carboxylic acids is 2. The van der Waals surface area contributed by atoms with Crippen molar-refractivity contribution in [3.8, 4) is 0 Å². The highest BCUT2D eigenvalue weighted by Gasteiger charge is 2.39. The lowest BCUT2D eigenvalue weighted by Gasteiger charge is -2.35. The quantitative estimate of drug-likeness (QED) is 0.632. The summed E-state index contributed by atoms with van der Waals surface area (Å²) in [5.74, 6) is -0.117. The van der Waals surface area contributed by atoms with E-state index in [9.17, 15) is 9.59 Å². The minimum Gasteiger partial charge on any atom is -0.384 e. The van der Waals surface area contributed by atoms with Crippen LogP contribution in [-0.2, 0) is 9.53 Å². The molecule has 2 rings (SSSR count). The number of piperidine rings is 1. The molecule has 1 fully saturated rings. The molecule has 1 aliphatic rings. The second kappa shape index (κ2) is 10.4. The van der Waals surface area contributed by atoms with Gasteiger partial charge in [-0.3, -0.25) is 9.59 Å². The summed E-state index contributed by atoms with van der Waals surface area (Å²) in [4.78, 5) is 24.5. The number of rotatable bonds is 7. The van der Waals surface area contributed by atoms with Crippen molar-refractivity contribution in [2.75, 3.05) is 39.9 Å². The highest BCUT2D eigenvalue weighted by Crippen LogP contribution is 2.29. The van der Waals surface area contributed by atoms with Crippen LogP contribution in [0.25, 0.3) is 0 Å². The fraction of sp³-hybridized carbons (Fsp3) is 0.556. The van der Waals surface area contributed by atoms with Crippen LogP contribution in [0.5, 0.6) is 0 Å². The molecule has 0 unspecified atom stereocenters. The van der Waals surface area contributed by atoms with Crippen LogP contribution in [0.4, 0.5) is 0 Å². The highest BCUT2D eigenvalue weighted by molar-refractivity contribution is 5.94. The van der Waals surface area contributed by atoms with Crippen molar-refractivity contribution in [3.63, 3.8) is 0 Å². The molecule has 0 atom stereocenters. The van der Waals surface area contributed by atoms with Gasteiger partial charge in [-0.25, -0.2) is 0 Å². The maximum absolute atomic E-state index is 12.5. The smallest absolute Gasteiger partial charge is 0.251 e. The van der Waals surface area contributed by atoms with Gasteiger partial charge in [0.1, 0.15) is 0 Å². The molecule has 0 bridgehead atoms. The molecule has 3 N–H and O–H groups in total. The van der Waals surface area contributed by atoms with E-state index in [0.29, 0.717) is 25.3 Å². The third kappa shape index (κ3) is 5.99. The van der Waals surface area contributed by atoms with E-state index >= 15 is 0 Å². The Kier molecular flexibility index (Phi) is 8.89. The van der Waals surface area contributed by atoms with Crippen molar-refractivity contribution in [1.29, 1.82) is 0 Å². The van der Waals surface area contributed by atoms with E-state index < -0.39 is 5.41 Å². The molecule has 25 heavy (non-hydrogen) atoms. The molecule has 1 aliphatic heterocycles. The highest BCUT2D eigenvalue weighted by atomic mass is 35.5. The first kappa shape index (κ1) is 21.4. The predicted molar refractivity (Wildman–Crippen MR) is 100 cm³/mol. The average molecular weight is 370 g/mol. The average Bonchev–Trinajstić information content (AvgIpc) is 2.60. The van der Waals surface area contributed by atoms with E-state index in [0.717, 1.165) is 31.5 Å². The van der Waals surface area contributed by atoms with Crippen LogP contribution in [0.2, 0.25) is 0 Å². The molecule has 1 heterocycles. The molecule has 0 radical (unpaired) electrons. The Balaban J connectivity index is 0.00000312. The van der Waals surface area contributed by atoms with Gasteiger partial charge in [-0.15, -0.1) is 12.4 Å². The van der Waals surface area contributed by atoms with Gasteiger partial charge in [-0.05, 0) is 45.0 Å². The lowest BCUT2D eigenvalue weighted by molar-refractivity contribution is -0.136. The second-order valence-electron chi connectivity index (χ2n) is 6.34. The Bertz CT molecular complexity index is 552. The fourth-order valence-electron chi connectivity index (χ4n) is 2.97. The first-order valence-electron chi connectivity index (χ1n) is 8.40. The molecule has 1 aromatic rings. The maximum atomic E-state index is 12.5. The SMILES string of the molecule is COCC1(C(=O)NCCNC(=O)c2ccc(C)cc2)CCNCC1.Cl. The van der Waals surface area contributed by atoms with Gasteiger partial charge < -0.3 is 20.7 Å². The summed E-state index contributed by atoms with van der Waals surface area (Å²) in [5.41, 5.74) is 1.28. The summed E-state index contributed by atoms with van der Waals surface area (Å²) >= 11 is 0. The molecule has 0 spiro atoms. The van der Waals surface area contributed by atoms with Gasteiger partial charge in [0.25, 0.3) is 5.91 Å². The number of aryl methyl sites for hydroxylation is 1. The Hall–Kier alpha value is -1.63. The maximum Gasteiger partial charge on any atom is 0.251 e. The Morgan fingerprint density at radius 3 is 2.32 bits per heavy atom. The summed E-state index contributed by atoms with van der Waals surface area (Å²) in [6.07, 6.45) is 1.53. The van der Waals surface area contributed by atoms with Gasteiger partial charge in [0.15, 0.2) is 0 Å². The van der Waals surface area contributed by atoms with Crippen LogP contribution in [0.3, 0.4) is 0 Å². The lowest BCUT2D eigenvalue weighted by Crippen LogP contribution is -2.51. The van der Waals surface area contributed by atoms with Crippen molar-refractivity contribution < 1.29 is 14.3 Å². The van der Waals surface area contributed by atoms with Crippen LogP contribution in [0.15, 0.2) is 24.3 Å². The summed E-state index contributed by atoms with van der Waals surface area (Å²) < 4.78 is 5.26. The number of nitrogens with one attached hydrogen (secondary N) is 3. The molecule has 7 heteroatoms. The van der Waals surface area contributed by atoms with Gasteiger partial charge in [0.05, 0.1) is 12.0 Å². The van der Waals surface area contributed by atoms with E-state index in [1.54, 1.807) is 19.2 Å². The van der Waals surface area contributed by atoms with E-state index in [-0.39, 0.29) is 24.2 Å².